The van der Waals surface area contributed by atoms with Gasteiger partial charge in [0.15, 0.2) is 17.3 Å². The second-order valence-corrected chi connectivity index (χ2v) is 9.84. The molecule has 2 bridgehead atoms. The molecule has 34 heavy (non-hydrogen) atoms. The molecule has 2 aromatic rings. The van der Waals surface area contributed by atoms with Crippen molar-refractivity contribution in [2.45, 2.75) is 44.7 Å². The van der Waals surface area contributed by atoms with E-state index in [1.54, 1.807) is 23.1 Å². The number of nitrogens with zero attached hydrogens (tertiary/aromatic N) is 3. The molecule has 1 saturated heterocycles. The van der Waals surface area contributed by atoms with Crippen LogP contribution in [0.1, 0.15) is 48.5 Å². The molecular formula is C26H31N3O5. The first-order valence-electron chi connectivity index (χ1n) is 12.0. The fourth-order valence-corrected chi connectivity index (χ4v) is 6.04. The molecule has 1 aromatic carbocycles. The molecule has 1 N–H and O–H groups in total. The second-order valence-electron chi connectivity index (χ2n) is 9.84. The molecular weight excluding hydrogens is 434 g/mol. The Kier molecular flexibility index (Phi) is 5.93. The minimum absolute atomic E-state index is 0.0485. The summed E-state index contributed by atoms with van der Waals surface area (Å²) in [4.78, 5) is 42.1. The molecule has 3 aliphatic heterocycles. The fourth-order valence-electron chi connectivity index (χ4n) is 6.04. The van der Waals surface area contributed by atoms with E-state index in [0.29, 0.717) is 31.2 Å². The first-order valence-corrected chi connectivity index (χ1v) is 12.0. The second kappa shape index (κ2) is 8.91. The van der Waals surface area contributed by atoms with Crippen LogP contribution in [0.2, 0.25) is 0 Å². The molecule has 0 spiro atoms. The van der Waals surface area contributed by atoms with Crippen molar-refractivity contribution in [2.24, 2.45) is 5.92 Å². The average Bonchev–Trinajstić information content (AvgIpc) is 2.79. The van der Waals surface area contributed by atoms with Crippen LogP contribution >= 0.6 is 0 Å². The Morgan fingerprint density at radius 1 is 1.18 bits per heavy atom. The lowest BCUT2D eigenvalue weighted by molar-refractivity contribution is -0.137. The zero-order chi connectivity index (χ0) is 24.0. The van der Waals surface area contributed by atoms with E-state index < -0.39 is 0 Å². The van der Waals surface area contributed by atoms with Crippen molar-refractivity contribution in [2.75, 3.05) is 33.3 Å². The highest BCUT2D eigenvalue weighted by Crippen LogP contribution is 2.38. The molecule has 3 aliphatic rings. The summed E-state index contributed by atoms with van der Waals surface area (Å²) >= 11 is 0. The van der Waals surface area contributed by atoms with E-state index in [0.717, 1.165) is 36.3 Å². The summed E-state index contributed by atoms with van der Waals surface area (Å²) < 4.78 is 7.11. The van der Waals surface area contributed by atoms with Gasteiger partial charge >= 0.3 is 0 Å². The van der Waals surface area contributed by atoms with Gasteiger partial charge in [0.1, 0.15) is 0 Å². The number of pyridine rings is 1. The van der Waals surface area contributed by atoms with Gasteiger partial charge in [-0.1, -0.05) is 6.07 Å². The molecule has 1 fully saturated rings. The standard InChI is InChI=1S/C26H31N3O5/c1-16-21-11-24(34-2)23(31)9-18(21)6-7-28(16)26(33)10-20(30)15-27-12-17-8-19(14-27)22-4-3-5-25(32)29(22)13-17/h3-5,9,11,16-17,19,31H,6-8,10,12-15H2,1-2H3. The van der Waals surface area contributed by atoms with Crippen LogP contribution in [0.5, 0.6) is 11.5 Å². The molecule has 0 radical (unpaired) electrons. The number of piperidine rings is 1. The van der Waals surface area contributed by atoms with Crippen molar-refractivity contribution < 1.29 is 19.4 Å². The largest absolute Gasteiger partial charge is 0.504 e. The molecule has 8 heteroatoms. The predicted octanol–water partition coefficient (Wildman–Crippen LogP) is 2.09. The maximum atomic E-state index is 13.1. The normalized spacial score (nSPS) is 23.7. The summed E-state index contributed by atoms with van der Waals surface area (Å²) in [5.41, 5.74) is 3.05. The van der Waals surface area contributed by atoms with Crippen molar-refractivity contribution in [3.05, 3.63) is 57.5 Å². The number of benzene rings is 1. The number of carbonyl (C=O) groups excluding carboxylic acids is 2. The van der Waals surface area contributed by atoms with Crippen LogP contribution in [0.4, 0.5) is 0 Å². The van der Waals surface area contributed by atoms with Gasteiger partial charge < -0.3 is 19.3 Å². The van der Waals surface area contributed by atoms with Crippen LogP contribution < -0.4 is 10.3 Å². The number of likely N-dealkylation sites (tertiary alicyclic amines) is 1. The topological polar surface area (TPSA) is 92.1 Å². The van der Waals surface area contributed by atoms with E-state index in [1.165, 1.54) is 7.11 Å². The number of amides is 1. The van der Waals surface area contributed by atoms with E-state index in [4.69, 9.17) is 4.74 Å². The highest BCUT2D eigenvalue weighted by atomic mass is 16.5. The van der Waals surface area contributed by atoms with Gasteiger partial charge in [-0.15, -0.1) is 0 Å². The molecule has 3 unspecified atom stereocenters. The third kappa shape index (κ3) is 4.11. The highest BCUT2D eigenvalue weighted by molar-refractivity contribution is 5.99. The van der Waals surface area contributed by atoms with E-state index in [1.807, 2.05) is 23.6 Å². The van der Waals surface area contributed by atoms with E-state index in [2.05, 4.69) is 4.90 Å². The minimum Gasteiger partial charge on any atom is -0.504 e. The van der Waals surface area contributed by atoms with Gasteiger partial charge in [0.05, 0.1) is 26.1 Å². The van der Waals surface area contributed by atoms with Crippen molar-refractivity contribution in [1.82, 2.24) is 14.4 Å². The summed E-state index contributed by atoms with van der Waals surface area (Å²) in [5.74, 6) is 0.841. The number of ketones is 1. The van der Waals surface area contributed by atoms with Gasteiger partial charge in [-0.3, -0.25) is 19.3 Å². The summed E-state index contributed by atoms with van der Waals surface area (Å²) in [6.45, 7) is 4.92. The fraction of sp³-hybridized carbons (Fsp3) is 0.500. The molecule has 0 saturated carbocycles. The van der Waals surface area contributed by atoms with Crippen molar-refractivity contribution >= 4 is 11.7 Å². The number of methoxy groups -OCH3 is 1. The van der Waals surface area contributed by atoms with Gasteiger partial charge in [-0.25, -0.2) is 0 Å². The van der Waals surface area contributed by atoms with Crippen LogP contribution in [0, 0.1) is 5.92 Å². The number of hydrogen-bond acceptors (Lipinski definition) is 6. The molecule has 0 aliphatic carbocycles. The number of phenolic OH excluding ortho intramolecular Hbond substituents is 1. The number of carbonyl (C=O) groups is 2. The van der Waals surface area contributed by atoms with Gasteiger partial charge in [-0.05, 0) is 55.0 Å². The van der Waals surface area contributed by atoms with Gasteiger partial charge in [0, 0.05) is 43.9 Å². The molecule has 4 heterocycles. The third-order valence-corrected chi connectivity index (χ3v) is 7.60. The Hall–Kier alpha value is -3.13. The number of aromatic hydroxyl groups is 1. The maximum absolute atomic E-state index is 13.1. The summed E-state index contributed by atoms with van der Waals surface area (Å²) in [6, 6.07) is 8.73. The summed E-state index contributed by atoms with van der Waals surface area (Å²) in [7, 11) is 1.50. The number of aromatic nitrogens is 1. The first kappa shape index (κ1) is 22.7. The average molecular weight is 466 g/mol. The lowest BCUT2D eigenvalue weighted by atomic mass is 9.83. The van der Waals surface area contributed by atoms with Crippen LogP contribution in [-0.2, 0) is 22.6 Å². The number of phenols is 1. The molecule has 8 nitrogen and oxygen atoms in total. The Morgan fingerprint density at radius 2 is 2.00 bits per heavy atom. The molecule has 1 amide bonds. The zero-order valence-electron chi connectivity index (χ0n) is 19.7. The van der Waals surface area contributed by atoms with Gasteiger partial charge in [-0.2, -0.15) is 0 Å². The van der Waals surface area contributed by atoms with Crippen molar-refractivity contribution in [3.8, 4) is 11.5 Å². The quantitative estimate of drug-likeness (QED) is 0.680. The van der Waals surface area contributed by atoms with E-state index in [-0.39, 0.29) is 47.9 Å². The molecule has 5 rings (SSSR count). The van der Waals surface area contributed by atoms with E-state index >= 15 is 0 Å². The lowest BCUT2D eigenvalue weighted by Crippen LogP contribution is -2.48. The van der Waals surface area contributed by atoms with Crippen LogP contribution in [-0.4, -0.2) is 64.5 Å². The smallest absolute Gasteiger partial charge is 0.250 e. The van der Waals surface area contributed by atoms with E-state index in [9.17, 15) is 19.5 Å². The Bertz CT molecular complexity index is 1190. The van der Waals surface area contributed by atoms with Gasteiger partial charge in [0.2, 0.25) is 5.91 Å². The van der Waals surface area contributed by atoms with Crippen LogP contribution in [0.3, 0.4) is 0 Å². The SMILES string of the molecule is COc1cc2c(cc1O)CCN(C(=O)CC(=O)CN1CC3CC(C1)c1cccc(=O)n1C3)C2C. The van der Waals surface area contributed by atoms with Gasteiger partial charge in [0.25, 0.3) is 5.56 Å². The Morgan fingerprint density at radius 3 is 2.79 bits per heavy atom. The summed E-state index contributed by atoms with van der Waals surface area (Å²) in [5, 5.41) is 10.1. The number of ether oxygens (including phenoxy) is 1. The number of fused-ring (bicyclic) bond motifs is 5. The van der Waals surface area contributed by atoms with Crippen LogP contribution in [0.25, 0.3) is 0 Å². The zero-order valence-corrected chi connectivity index (χ0v) is 19.7. The monoisotopic (exact) mass is 465 g/mol. The van der Waals surface area contributed by atoms with Crippen molar-refractivity contribution in [1.29, 1.82) is 0 Å². The Labute approximate surface area is 198 Å². The maximum Gasteiger partial charge on any atom is 0.250 e. The first-order chi connectivity index (χ1) is 16.3. The minimum atomic E-state index is -0.192. The number of Topliss-reactive ketones (excluding diaryl/α,β-unsaturated/α-hetero) is 1. The molecule has 180 valence electrons. The third-order valence-electron chi connectivity index (χ3n) is 7.60. The Balaban J connectivity index is 1.22. The lowest BCUT2D eigenvalue weighted by Gasteiger charge is -2.42. The summed E-state index contributed by atoms with van der Waals surface area (Å²) in [6.07, 6.45) is 1.55. The molecule has 1 aromatic heterocycles. The number of rotatable bonds is 5. The highest BCUT2D eigenvalue weighted by Gasteiger charge is 2.36. The predicted molar refractivity (Wildman–Crippen MR) is 126 cm³/mol. The van der Waals surface area contributed by atoms with Crippen LogP contribution in [0.15, 0.2) is 35.1 Å². The van der Waals surface area contributed by atoms with Crippen molar-refractivity contribution in [3.63, 3.8) is 0 Å². The molecule has 3 atom stereocenters. The number of hydrogen-bond donors (Lipinski definition) is 1.